The molecule has 1 rings (SSSR count). The van der Waals surface area contributed by atoms with Crippen LogP contribution in [0.5, 0.6) is 0 Å². The fourth-order valence-electron chi connectivity index (χ4n) is 1.87. The van der Waals surface area contributed by atoms with Crippen LogP contribution in [0.2, 0.25) is 0 Å². The van der Waals surface area contributed by atoms with Crippen molar-refractivity contribution in [3.63, 3.8) is 0 Å². The van der Waals surface area contributed by atoms with Crippen LogP contribution in [0.15, 0.2) is 24.3 Å². The Balaban J connectivity index is 3.21. The average Bonchev–Trinajstić information content (AvgIpc) is 2.27. The van der Waals surface area contributed by atoms with Gasteiger partial charge in [-0.25, -0.2) is 8.42 Å². The Bertz CT molecular complexity index is 492. The lowest BCUT2D eigenvalue weighted by Gasteiger charge is -2.31. The summed E-state index contributed by atoms with van der Waals surface area (Å²) in [6.07, 6.45) is 1.28. The topological polar surface area (TPSA) is 60.2 Å². The average molecular weight is 255 g/mol. The molecule has 96 valence electrons. The molecular weight excluding hydrogens is 234 g/mol. The van der Waals surface area contributed by atoms with E-state index in [-0.39, 0.29) is 0 Å². The molecule has 3 nitrogen and oxygen atoms in total. The van der Waals surface area contributed by atoms with Crippen molar-refractivity contribution in [2.45, 2.75) is 38.0 Å². The molecule has 1 aromatic rings. The van der Waals surface area contributed by atoms with E-state index in [0.717, 1.165) is 11.1 Å². The predicted octanol–water partition coefficient (Wildman–Crippen LogP) is 1.86. The van der Waals surface area contributed by atoms with Gasteiger partial charge in [0.2, 0.25) is 0 Å². The molecule has 0 aliphatic rings. The minimum absolute atomic E-state index is 0.418. The number of benzene rings is 1. The summed E-state index contributed by atoms with van der Waals surface area (Å²) in [4.78, 5) is 0. The summed E-state index contributed by atoms with van der Waals surface area (Å²) in [7, 11) is -3.06. The van der Waals surface area contributed by atoms with Crippen molar-refractivity contribution in [1.82, 2.24) is 0 Å². The highest BCUT2D eigenvalue weighted by Gasteiger charge is 2.34. The summed E-state index contributed by atoms with van der Waals surface area (Å²) in [6, 6.07) is 7.82. The van der Waals surface area contributed by atoms with Gasteiger partial charge in [0.25, 0.3) is 0 Å². The van der Waals surface area contributed by atoms with Gasteiger partial charge >= 0.3 is 0 Å². The second kappa shape index (κ2) is 4.78. The maximum absolute atomic E-state index is 11.7. The molecular formula is C13H21NO2S. The minimum atomic E-state index is -3.06. The SMILES string of the molecule is CC(C(C)(C)c1cccc(CN)c1)S(C)(=O)=O. The first-order valence-corrected chi connectivity index (χ1v) is 7.63. The molecule has 1 unspecified atom stereocenters. The van der Waals surface area contributed by atoms with Gasteiger partial charge in [-0.05, 0) is 18.1 Å². The zero-order chi connectivity index (χ0) is 13.3. The number of hydrogen-bond donors (Lipinski definition) is 1. The van der Waals surface area contributed by atoms with Gasteiger partial charge in [0, 0.05) is 18.2 Å². The van der Waals surface area contributed by atoms with E-state index in [4.69, 9.17) is 5.73 Å². The lowest BCUT2D eigenvalue weighted by atomic mass is 9.81. The lowest BCUT2D eigenvalue weighted by molar-refractivity contribution is 0.485. The zero-order valence-electron chi connectivity index (χ0n) is 10.9. The van der Waals surface area contributed by atoms with E-state index in [2.05, 4.69) is 0 Å². The van der Waals surface area contributed by atoms with Crippen molar-refractivity contribution in [3.8, 4) is 0 Å². The number of nitrogens with two attached hydrogens (primary N) is 1. The molecule has 0 bridgehead atoms. The number of hydrogen-bond acceptors (Lipinski definition) is 3. The van der Waals surface area contributed by atoms with Gasteiger partial charge < -0.3 is 5.73 Å². The fourth-order valence-corrected chi connectivity index (χ4v) is 3.08. The molecule has 0 aromatic heterocycles. The summed E-state index contributed by atoms with van der Waals surface area (Å²) < 4.78 is 23.4. The van der Waals surface area contributed by atoms with Gasteiger partial charge in [0.05, 0.1) is 5.25 Å². The Hall–Kier alpha value is -0.870. The highest BCUT2D eigenvalue weighted by atomic mass is 32.2. The predicted molar refractivity (Wildman–Crippen MR) is 71.7 cm³/mol. The Kier molecular flexibility index (Phi) is 3.99. The molecule has 0 amide bonds. The first-order chi connectivity index (χ1) is 7.69. The van der Waals surface area contributed by atoms with E-state index in [1.165, 1.54) is 6.26 Å². The third-order valence-corrected chi connectivity index (χ3v) is 5.44. The third kappa shape index (κ3) is 3.07. The zero-order valence-corrected chi connectivity index (χ0v) is 11.7. The highest BCUT2D eigenvalue weighted by Crippen LogP contribution is 2.31. The quantitative estimate of drug-likeness (QED) is 0.893. The van der Waals surface area contributed by atoms with Crippen molar-refractivity contribution in [2.24, 2.45) is 5.73 Å². The van der Waals surface area contributed by atoms with Crippen LogP contribution in [0.1, 0.15) is 31.9 Å². The van der Waals surface area contributed by atoms with Crippen LogP contribution in [0.25, 0.3) is 0 Å². The van der Waals surface area contributed by atoms with E-state index >= 15 is 0 Å². The van der Waals surface area contributed by atoms with Gasteiger partial charge in [-0.15, -0.1) is 0 Å². The van der Waals surface area contributed by atoms with Crippen molar-refractivity contribution in [2.75, 3.05) is 6.26 Å². The molecule has 0 fully saturated rings. The molecule has 1 aromatic carbocycles. The van der Waals surface area contributed by atoms with Crippen LogP contribution >= 0.6 is 0 Å². The standard InChI is InChI=1S/C13H21NO2S/c1-10(17(4,15)16)13(2,3)12-7-5-6-11(8-12)9-14/h5-8,10H,9,14H2,1-4H3. The maximum Gasteiger partial charge on any atom is 0.150 e. The van der Waals surface area contributed by atoms with E-state index in [1.807, 2.05) is 38.1 Å². The lowest BCUT2D eigenvalue weighted by Crippen LogP contribution is -2.37. The molecule has 0 saturated carbocycles. The van der Waals surface area contributed by atoms with Gasteiger partial charge in [0.15, 0.2) is 9.84 Å². The molecule has 2 N–H and O–H groups in total. The van der Waals surface area contributed by atoms with Crippen molar-refractivity contribution >= 4 is 9.84 Å². The summed E-state index contributed by atoms with van der Waals surface area (Å²) in [6.45, 7) is 6.13. The molecule has 0 aliphatic carbocycles. The van der Waals surface area contributed by atoms with Gasteiger partial charge in [-0.3, -0.25) is 0 Å². The molecule has 0 radical (unpaired) electrons. The van der Waals surface area contributed by atoms with E-state index in [1.54, 1.807) is 6.92 Å². The second-order valence-electron chi connectivity index (χ2n) is 5.10. The highest BCUT2D eigenvalue weighted by molar-refractivity contribution is 7.91. The Morgan fingerprint density at radius 2 is 1.94 bits per heavy atom. The first-order valence-electron chi connectivity index (χ1n) is 5.68. The maximum atomic E-state index is 11.7. The summed E-state index contributed by atoms with van der Waals surface area (Å²) in [5.74, 6) is 0. The molecule has 4 heteroatoms. The van der Waals surface area contributed by atoms with Gasteiger partial charge in [-0.1, -0.05) is 38.1 Å². The molecule has 17 heavy (non-hydrogen) atoms. The Morgan fingerprint density at radius 3 is 2.41 bits per heavy atom. The molecule has 0 spiro atoms. The van der Waals surface area contributed by atoms with Crippen LogP contribution in [0.4, 0.5) is 0 Å². The minimum Gasteiger partial charge on any atom is -0.326 e. The van der Waals surface area contributed by atoms with Gasteiger partial charge in [-0.2, -0.15) is 0 Å². The van der Waals surface area contributed by atoms with Crippen LogP contribution in [0.3, 0.4) is 0 Å². The summed E-state index contributed by atoms with van der Waals surface area (Å²) in [5, 5.41) is -0.428. The van der Waals surface area contributed by atoms with Crippen LogP contribution in [0, 0.1) is 0 Å². The van der Waals surface area contributed by atoms with Crippen molar-refractivity contribution in [3.05, 3.63) is 35.4 Å². The van der Waals surface area contributed by atoms with Gasteiger partial charge in [0.1, 0.15) is 0 Å². The summed E-state index contributed by atoms with van der Waals surface area (Å²) >= 11 is 0. The smallest absolute Gasteiger partial charge is 0.150 e. The Labute approximate surface area is 104 Å². The normalized spacial score (nSPS) is 14.6. The third-order valence-electron chi connectivity index (χ3n) is 3.57. The molecule has 0 heterocycles. The molecule has 0 aliphatic heterocycles. The monoisotopic (exact) mass is 255 g/mol. The van der Waals surface area contributed by atoms with Crippen LogP contribution in [-0.2, 0) is 21.8 Å². The van der Waals surface area contributed by atoms with Crippen molar-refractivity contribution in [1.29, 1.82) is 0 Å². The number of sulfone groups is 1. The number of rotatable bonds is 4. The van der Waals surface area contributed by atoms with E-state index in [9.17, 15) is 8.42 Å². The van der Waals surface area contributed by atoms with Crippen LogP contribution < -0.4 is 5.73 Å². The van der Waals surface area contributed by atoms with E-state index in [0.29, 0.717) is 6.54 Å². The molecule has 0 saturated heterocycles. The second-order valence-corrected chi connectivity index (χ2v) is 7.46. The Morgan fingerprint density at radius 1 is 1.35 bits per heavy atom. The van der Waals surface area contributed by atoms with Crippen molar-refractivity contribution < 1.29 is 8.42 Å². The van der Waals surface area contributed by atoms with Crippen LogP contribution in [-0.4, -0.2) is 19.9 Å². The van der Waals surface area contributed by atoms with E-state index < -0.39 is 20.5 Å². The molecule has 1 atom stereocenters. The first kappa shape index (κ1) is 14.2. The largest absolute Gasteiger partial charge is 0.326 e. The summed E-state index contributed by atoms with van der Waals surface area (Å²) in [5.41, 5.74) is 7.22. The fraction of sp³-hybridized carbons (Fsp3) is 0.538.